The van der Waals surface area contributed by atoms with Gasteiger partial charge < -0.3 is 9.64 Å². The number of benzene rings is 1. The second kappa shape index (κ2) is 5.36. The molecule has 0 saturated carbocycles. The number of amides is 1. The second-order valence-corrected chi connectivity index (χ2v) is 4.71. The van der Waals surface area contributed by atoms with E-state index in [1.165, 1.54) is 0 Å². The van der Waals surface area contributed by atoms with Crippen LogP contribution < -0.4 is 4.74 Å². The Hall–Kier alpha value is -1.29. The maximum absolute atomic E-state index is 12.3. The molecule has 0 aliphatic carbocycles. The fraction of sp³-hybridized carbons (Fsp3) is 0.308. The Labute approximate surface area is 109 Å². The third kappa shape index (κ3) is 2.69. The molecule has 4 heteroatoms. The van der Waals surface area contributed by atoms with Gasteiger partial charge in [-0.05, 0) is 40.5 Å². The fourth-order valence-corrected chi connectivity index (χ4v) is 2.21. The highest BCUT2D eigenvalue weighted by Crippen LogP contribution is 2.24. The highest BCUT2D eigenvalue weighted by Gasteiger charge is 2.18. The lowest BCUT2D eigenvalue weighted by atomic mass is 10.1. The van der Waals surface area contributed by atoms with Crippen LogP contribution in [0.4, 0.5) is 0 Å². The minimum Gasteiger partial charge on any atom is -0.497 e. The van der Waals surface area contributed by atoms with Gasteiger partial charge in [-0.15, -0.1) is 0 Å². The van der Waals surface area contributed by atoms with Crippen molar-refractivity contribution in [2.75, 3.05) is 20.2 Å². The van der Waals surface area contributed by atoms with Gasteiger partial charge in [-0.2, -0.15) is 0 Å². The molecule has 0 spiro atoms. The molecular formula is C13H14BrNO2. The lowest BCUT2D eigenvalue weighted by Crippen LogP contribution is -2.33. The van der Waals surface area contributed by atoms with Crippen LogP contribution in [0.5, 0.6) is 5.75 Å². The summed E-state index contributed by atoms with van der Waals surface area (Å²) >= 11 is 3.41. The predicted molar refractivity (Wildman–Crippen MR) is 70.4 cm³/mol. The monoisotopic (exact) mass is 295 g/mol. The topological polar surface area (TPSA) is 29.5 Å². The maximum atomic E-state index is 12.3. The Morgan fingerprint density at radius 3 is 2.88 bits per heavy atom. The molecule has 90 valence electrons. The second-order valence-electron chi connectivity index (χ2n) is 3.86. The van der Waals surface area contributed by atoms with Gasteiger partial charge in [-0.1, -0.05) is 12.2 Å². The van der Waals surface area contributed by atoms with Crippen LogP contribution in [0.2, 0.25) is 0 Å². The van der Waals surface area contributed by atoms with Gasteiger partial charge in [0, 0.05) is 17.6 Å². The molecule has 0 saturated heterocycles. The minimum absolute atomic E-state index is 0.0418. The molecule has 0 aromatic heterocycles. The van der Waals surface area contributed by atoms with Crippen LogP contribution in [-0.2, 0) is 0 Å². The van der Waals surface area contributed by atoms with Crippen molar-refractivity contribution in [2.24, 2.45) is 0 Å². The van der Waals surface area contributed by atoms with Gasteiger partial charge in [0.2, 0.25) is 0 Å². The van der Waals surface area contributed by atoms with E-state index in [0.29, 0.717) is 17.9 Å². The number of nitrogens with zero attached hydrogens (tertiary/aromatic N) is 1. The zero-order chi connectivity index (χ0) is 12.3. The SMILES string of the molecule is COc1ccc(Br)c(C(=O)N2CC=CCC2)c1. The van der Waals surface area contributed by atoms with Crippen molar-refractivity contribution in [1.29, 1.82) is 0 Å². The normalized spacial score (nSPS) is 14.8. The van der Waals surface area contributed by atoms with E-state index < -0.39 is 0 Å². The molecule has 0 fully saturated rings. The first-order chi connectivity index (χ1) is 8.22. The first-order valence-corrected chi connectivity index (χ1v) is 6.29. The molecule has 0 atom stereocenters. The van der Waals surface area contributed by atoms with Crippen molar-refractivity contribution in [3.8, 4) is 5.75 Å². The summed E-state index contributed by atoms with van der Waals surface area (Å²) in [6, 6.07) is 5.44. The number of carbonyl (C=O) groups is 1. The molecular weight excluding hydrogens is 282 g/mol. The highest BCUT2D eigenvalue weighted by atomic mass is 79.9. The van der Waals surface area contributed by atoms with Crippen molar-refractivity contribution in [1.82, 2.24) is 4.90 Å². The Morgan fingerprint density at radius 1 is 1.41 bits per heavy atom. The van der Waals surface area contributed by atoms with Crippen molar-refractivity contribution in [3.63, 3.8) is 0 Å². The van der Waals surface area contributed by atoms with Crippen molar-refractivity contribution >= 4 is 21.8 Å². The Kier molecular flexibility index (Phi) is 3.84. The van der Waals surface area contributed by atoms with E-state index in [4.69, 9.17) is 4.74 Å². The Balaban J connectivity index is 2.26. The average Bonchev–Trinajstić information content (AvgIpc) is 2.39. The molecule has 2 rings (SSSR count). The number of hydrogen-bond donors (Lipinski definition) is 0. The lowest BCUT2D eigenvalue weighted by molar-refractivity contribution is 0.0770. The highest BCUT2D eigenvalue weighted by molar-refractivity contribution is 9.10. The molecule has 0 unspecified atom stereocenters. The zero-order valence-electron chi connectivity index (χ0n) is 9.65. The predicted octanol–water partition coefficient (Wildman–Crippen LogP) is 2.86. The Morgan fingerprint density at radius 2 is 2.24 bits per heavy atom. The molecule has 1 aromatic rings. The number of methoxy groups -OCH3 is 1. The molecule has 0 radical (unpaired) electrons. The Bertz CT molecular complexity index is 457. The number of hydrogen-bond acceptors (Lipinski definition) is 2. The fourth-order valence-electron chi connectivity index (χ4n) is 1.79. The summed E-state index contributed by atoms with van der Waals surface area (Å²) in [5.41, 5.74) is 0.652. The van der Waals surface area contributed by atoms with E-state index in [2.05, 4.69) is 22.0 Å². The summed E-state index contributed by atoms with van der Waals surface area (Å²) in [6.07, 6.45) is 5.05. The van der Waals surface area contributed by atoms with Crippen molar-refractivity contribution < 1.29 is 9.53 Å². The number of ether oxygens (including phenoxy) is 1. The summed E-state index contributed by atoms with van der Waals surface area (Å²) in [4.78, 5) is 14.1. The van der Waals surface area contributed by atoms with E-state index in [9.17, 15) is 4.79 Å². The van der Waals surface area contributed by atoms with Gasteiger partial charge >= 0.3 is 0 Å². The molecule has 1 amide bonds. The number of carbonyl (C=O) groups excluding carboxylic acids is 1. The van der Waals surface area contributed by atoms with Crippen LogP contribution in [0, 0.1) is 0 Å². The summed E-state index contributed by atoms with van der Waals surface area (Å²) < 4.78 is 5.95. The maximum Gasteiger partial charge on any atom is 0.255 e. The summed E-state index contributed by atoms with van der Waals surface area (Å²) in [5.74, 6) is 0.740. The first-order valence-electron chi connectivity index (χ1n) is 5.50. The largest absolute Gasteiger partial charge is 0.497 e. The molecule has 0 N–H and O–H groups in total. The number of halogens is 1. The molecule has 1 aromatic carbocycles. The lowest BCUT2D eigenvalue weighted by Gasteiger charge is -2.24. The standard InChI is InChI=1S/C13H14BrNO2/c1-17-10-5-6-12(14)11(9-10)13(16)15-7-3-2-4-8-15/h2-3,5-6,9H,4,7-8H2,1H3. The van der Waals surface area contributed by atoms with Crippen LogP contribution >= 0.6 is 15.9 Å². The number of rotatable bonds is 2. The quantitative estimate of drug-likeness (QED) is 0.785. The van der Waals surface area contributed by atoms with E-state index in [0.717, 1.165) is 17.4 Å². The minimum atomic E-state index is 0.0418. The van der Waals surface area contributed by atoms with Gasteiger partial charge in [-0.25, -0.2) is 0 Å². The van der Waals surface area contributed by atoms with Gasteiger partial charge in [-0.3, -0.25) is 4.79 Å². The molecule has 3 nitrogen and oxygen atoms in total. The molecule has 1 heterocycles. The smallest absolute Gasteiger partial charge is 0.255 e. The average molecular weight is 296 g/mol. The molecule has 1 aliphatic heterocycles. The van der Waals surface area contributed by atoms with Crippen molar-refractivity contribution in [3.05, 3.63) is 40.4 Å². The van der Waals surface area contributed by atoms with E-state index in [-0.39, 0.29) is 5.91 Å². The van der Waals surface area contributed by atoms with Gasteiger partial charge in [0.05, 0.1) is 12.7 Å². The van der Waals surface area contributed by atoms with Crippen LogP contribution in [0.15, 0.2) is 34.8 Å². The van der Waals surface area contributed by atoms with Crippen LogP contribution in [0.25, 0.3) is 0 Å². The molecule has 1 aliphatic rings. The zero-order valence-corrected chi connectivity index (χ0v) is 11.2. The van der Waals surface area contributed by atoms with Gasteiger partial charge in [0.1, 0.15) is 5.75 Å². The molecule has 17 heavy (non-hydrogen) atoms. The summed E-state index contributed by atoms with van der Waals surface area (Å²) in [7, 11) is 1.60. The van der Waals surface area contributed by atoms with Gasteiger partial charge in [0.15, 0.2) is 0 Å². The third-order valence-electron chi connectivity index (χ3n) is 2.75. The van der Waals surface area contributed by atoms with Gasteiger partial charge in [0.25, 0.3) is 5.91 Å². The van der Waals surface area contributed by atoms with Crippen LogP contribution in [0.3, 0.4) is 0 Å². The van der Waals surface area contributed by atoms with Crippen molar-refractivity contribution in [2.45, 2.75) is 6.42 Å². The van der Waals surface area contributed by atoms with Crippen LogP contribution in [0.1, 0.15) is 16.8 Å². The first kappa shape index (κ1) is 12.2. The summed E-state index contributed by atoms with van der Waals surface area (Å²) in [6.45, 7) is 1.46. The molecule has 0 bridgehead atoms. The third-order valence-corrected chi connectivity index (χ3v) is 3.44. The van der Waals surface area contributed by atoms with E-state index >= 15 is 0 Å². The van der Waals surface area contributed by atoms with E-state index in [1.807, 2.05) is 23.1 Å². The summed E-state index contributed by atoms with van der Waals surface area (Å²) in [5, 5.41) is 0. The van der Waals surface area contributed by atoms with Crippen LogP contribution in [-0.4, -0.2) is 31.0 Å². The van der Waals surface area contributed by atoms with E-state index in [1.54, 1.807) is 13.2 Å².